The number of benzene rings is 2. The highest BCUT2D eigenvalue weighted by Crippen LogP contribution is 2.22. The van der Waals surface area contributed by atoms with E-state index in [0.29, 0.717) is 11.3 Å². The Labute approximate surface area is 114 Å². The van der Waals surface area contributed by atoms with Gasteiger partial charge in [0, 0.05) is 5.69 Å². The minimum atomic E-state index is -0.915. The SMILES string of the molecule is Cc1cc(O)ccc1NC(=O)c1c(F)ccc(C)c1F. The first-order valence-electron chi connectivity index (χ1n) is 5.95. The van der Waals surface area contributed by atoms with E-state index in [1.54, 1.807) is 6.92 Å². The highest BCUT2D eigenvalue weighted by atomic mass is 19.1. The number of phenolic OH excluding ortho intramolecular Hbond substituents is 1. The Morgan fingerprint density at radius 2 is 1.80 bits per heavy atom. The third-order valence-electron chi connectivity index (χ3n) is 2.97. The van der Waals surface area contributed by atoms with Crippen LogP contribution in [-0.2, 0) is 0 Å². The van der Waals surface area contributed by atoms with Crippen LogP contribution in [0, 0.1) is 25.5 Å². The number of halogens is 2. The van der Waals surface area contributed by atoms with Crippen molar-refractivity contribution >= 4 is 11.6 Å². The number of carbonyl (C=O) groups excluding carboxylic acids is 1. The number of carbonyl (C=O) groups is 1. The summed E-state index contributed by atoms with van der Waals surface area (Å²) in [6.45, 7) is 3.12. The molecule has 3 nitrogen and oxygen atoms in total. The van der Waals surface area contributed by atoms with Gasteiger partial charge < -0.3 is 10.4 Å². The van der Waals surface area contributed by atoms with E-state index in [2.05, 4.69) is 5.32 Å². The zero-order valence-corrected chi connectivity index (χ0v) is 11.0. The van der Waals surface area contributed by atoms with Gasteiger partial charge in [-0.1, -0.05) is 6.07 Å². The van der Waals surface area contributed by atoms with Gasteiger partial charge in [-0.3, -0.25) is 4.79 Å². The zero-order valence-electron chi connectivity index (χ0n) is 11.0. The molecule has 0 radical (unpaired) electrons. The Kier molecular flexibility index (Phi) is 3.70. The summed E-state index contributed by atoms with van der Waals surface area (Å²) in [6.07, 6.45) is 0. The van der Waals surface area contributed by atoms with Crippen LogP contribution in [0.1, 0.15) is 21.5 Å². The van der Waals surface area contributed by atoms with Crippen LogP contribution in [0.5, 0.6) is 5.75 Å². The number of hydrogen-bond acceptors (Lipinski definition) is 2. The molecule has 0 heterocycles. The number of aromatic hydroxyl groups is 1. The second-order valence-electron chi connectivity index (χ2n) is 4.51. The number of hydrogen-bond donors (Lipinski definition) is 2. The zero-order chi connectivity index (χ0) is 14.9. The second kappa shape index (κ2) is 5.28. The van der Waals surface area contributed by atoms with Crippen LogP contribution in [0.2, 0.25) is 0 Å². The molecule has 0 aliphatic heterocycles. The molecule has 2 N–H and O–H groups in total. The van der Waals surface area contributed by atoms with Gasteiger partial charge in [0.2, 0.25) is 0 Å². The standard InChI is InChI=1S/C15H13F2NO2/c1-8-3-5-11(16)13(14(8)17)15(20)18-12-6-4-10(19)7-9(12)2/h3-7,19H,1-2H3,(H,18,20). The minimum absolute atomic E-state index is 0.0495. The predicted molar refractivity (Wildman–Crippen MR) is 71.9 cm³/mol. The van der Waals surface area contributed by atoms with Gasteiger partial charge in [-0.2, -0.15) is 0 Å². The van der Waals surface area contributed by atoms with Crippen molar-refractivity contribution in [3.05, 3.63) is 58.7 Å². The Morgan fingerprint density at radius 1 is 1.10 bits per heavy atom. The average Bonchev–Trinajstić information content (AvgIpc) is 2.38. The molecule has 0 unspecified atom stereocenters. The van der Waals surface area contributed by atoms with Gasteiger partial charge in [-0.15, -0.1) is 0 Å². The highest BCUT2D eigenvalue weighted by molar-refractivity contribution is 6.05. The number of aryl methyl sites for hydroxylation is 2. The Hall–Kier alpha value is -2.43. The van der Waals surface area contributed by atoms with Crippen LogP contribution in [0.15, 0.2) is 30.3 Å². The van der Waals surface area contributed by atoms with Crippen molar-refractivity contribution in [1.29, 1.82) is 0 Å². The molecule has 20 heavy (non-hydrogen) atoms. The monoisotopic (exact) mass is 277 g/mol. The number of anilines is 1. The van der Waals surface area contributed by atoms with Crippen molar-refractivity contribution in [3.63, 3.8) is 0 Å². The van der Waals surface area contributed by atoms with Crippen molar-refractivity contribution in [2.75, 3.05) is 5.32 Å². The maximum absolute atomic E-state index is 13.8. The minimum Gasteiger partial charge on any atom is -0.508 e. The maximum atomic E-state index is 13.8. The van der Waals surface area contributed by atoms with E-state index < -0.39 is 23.1 Å². The van der Waals surface area contributed by atoms with Crippen molar-refractivity contribution in [3.8, 4) is 5.75 Å². The molecule has 0 aromatic heterocycles. The molecule has 1 amide bonds. The van der Waals surface area contributed by atoms with E-state index in [-0.39, 0.29) is 11.3 Å². The number of phenols is 1. The van der Waals surface area contributed by atoms with Gasteiger partial charge >= 0.3 is 0 Å². The summed E-state index contributed by atoms with van der Waals surface area (Å²) >= 11 is 0. The molecule has 0 aliphatic carbocycles. The molecule has 0 bridgehead atoms. The van der Waals surface area contributed by atoms with Gasteiger partial charge in [0.1, 0.15) is 22.9 Å². The van der Waals surface area contributed by atoms with E-state index >= 15 is 0 Å². The summed E-state index contributed by atoms with van der Waals surface area (Å²) in [7, 11) is 0. The van der Waals surface area contributed by atoms with Gasteiger partial charge in [0.05, 0.1) is 0 Å². The first-order valence-corrected chi connectivity index (χ1v) is 5.95. The lowest BCUT2D eigenvalue weighted by Crippen LogP contribution is -2.17. The van der Waals surface area contributed by atoms with E-state index in [4.69, 9.17) is 0 Å². The summed E-state index contributed by atoms with van der Waals surface area (Å²) in [4.78, 5) is 12.0. The molecule has 104 valence electrons. The molecule has 2 aromatic carbocycles. The number of amides is 1. The van der Waals surface area contributed by atoms with Crippen LogP contribution >= 0.6 is 0 Å². The van der Waals surface area contributed by atoms with Crippen molar-refractivity contribution < 1.29 is 18.7 Å². The smallest absolute Gasteiger partial charge is 0.261 e. The van der Waals surface area contributed by atoms with Crippen LogP contribution < -0.4 is 5.32 Å². The molecule has 0 saturated carbocycles. The van der Waals surface area contributed by atoms with Crippen molar-refractivity contribution in [2.45, 2.75) is 13.8 Å². The average molecular weight is 277 g/mol. The molecular weight excluding hydrogens is 264 g/mol. The largest absolute Gasteiger partial charge is 0.508 e. The second-order valence-corrected chi connectivity index (χ2v) is 4.51. The summed E-state index contributed by atoms with van der Waals surface area (Å²) < 4.78 is 27.4. The highest BCUT2D eigenvalue weighted by Gasteiger charge is 2.19. The predicted octanol–water partition coefficient (Wildman–Crippen LogP) is 3.54. The molecule has 0 saturated heterocycles. The summed E-state index contributed by atoms with van der Waals surface area (Å²) in [5.74, 6) is -2.60. The van der Waals surface area contributed by atoms with E-state index in [9.17, 15) is 18.7 Å². The summed E-state index contributed by atoms with van der Waals surface area (Å²) in [6, 6.07) is 6.61. The van der Waals surface area contributed by atoms with Crippen LogP contribution in [0.3, 0.4) is 0 Å². The first kappa shape index (κ1) is 14.0. The molecule has 2 rings (SSSR count). The third-order valence-corrected chi connectivity index (χ3v) is 2.97. The van der Waals surface area contributed by atoms with Crippen molar-refractivity contribution in [1.82, 2.24) is 0 Å². The van der Waals surface area contributed by atoms with Gasteiger partial charge in [-0.05, 0) is 49.2 Å². The fraction of sp³-hybridized carbons (Fsp3) is 0.133. The molecule has 2 aromatic rings. The lowest BCUT2D eigenvalue weighted by atomic mass is 10.1. The quantitative estimate of drug-likeness (QED) is 0.825. The maximum Gasteiger partial charge on any atom is 0.261 e. The summed E-state index contributed by atoms with van der Waals surface area (Å²) in [5.41, 5.74) is 0.552. The molecule has 0 atom stereocenters. The van der Waals surface area contributed by atoms with E-state index in [0.717, 1.165) is 6.07 Å². The molecule has 0 spiro atoms. The van der Waals surface area contributed by atoms with E-state index in [1.165, 1.54) is 31.2 Å². The molecular formula is C15H13F2NO2. The number of rotatable bonds is 2. The van der Waals surface area contributed by atoms with Gasteiger partial charge in [-0.25, -0.2) is 8.78 Å². The summed E-state index contributed by atoms with van der Waals surface area (Å²) in [5, 5.41) is 11.7. The normalized spacial score (nSPS) is 10.4. The van der Waals surface area contributed by atoms with E-state index in [1.807, 2.05) is 0 Å². The molecule has 0 aliphatic rings. The van der Waals surface area contributed by atoms with Gasteiger partial charge in [0.25, 0.3) is 5.91 Å². The Morgan fingerprint density at radius 3 is 2.45 bits per heavy atom. The third kappa shape index (κ3) is 2.61. The molecule has 0 fully saturated rings. The lowest BCUT2D eigenvalue weighted by Gasteiger charge is -2.10. The van der Waals surface area contributed by atoms with Crippen molar-refractivity contribution in [2.24, 2.45) is 0 Å². The molecule has 5 heteroatoms. The fourth-order valence-corrected chi connectivity index (χ4v) is 1.84. The van der Waals surface area contributed by atoms with Gasteiger partial charge in [0.15, 0.2) is 0 Å². The van der Waals surface area contributed by atoms with Crippen LogP contribution in [0.4, 0.5) is 14.5 Å². The number of nitrogens with one attached hydrogen (secondary N) is 1. The van der Waals surface area contributed by atoms with Crippen LogP contribution in [0.25, 0.3) is 0 Å². The first-order chi connectivity index (χ1) is 9.40. The van der Waals surface area contributed by atoms with Crippen LogP contribution in [-0.4, -0.2) is 11.0 Å². The fourth-order valence-electron chi connectivity index (χ4n) is 1.84. The Bertz CT molecular complexity index is 684. The topological polar surface area (TPSA) is 49.3 Å². The lowest BCUT2D eigenvalue weighted by molar-refractivity contribution is 0.101. The Balaban J connectivity index is 2.36.